The van der Waals surface area contributed by atoms with Crippen LogP contribution in [0.15, 0.2) is 84.9 Å². The summed E-state index contributed by atoms with van der Waals surface area (Å²) in [6.07, 6.45) is 3.34. The highest BCUT2D eigenvalue weighted by atomic mass is 32.2. The van der Waals surface area contributed by atoms with E-state index in [-0.39, 0.29) is 5.41 Å². The third kappa shape index (κ3) is 5.89. The van der Waals surface area contributed by atoms with Gasteiger partial charge in [-0.2, -0.15) is 0 Å². The van der Waals surface area contributed by atoms with E-state index in [0.29, 0.717) is 17.5 Å². The molecule has 2 atom stereocenters. The molecular formula is C29H36N2O2S. The summed E-state index contributed by atoms with van der Waals surface area (Å²) in [7, 11) is -3.29. The number of anilines is 1. The van der Waals surface area contributed by atoms with Crippen LogP contribution in [-0.4, -0.2) is 39.2 Å². The van der Waals surface area contributed by atoms with E-state index in [0.717, 1.165) is 32.5 Å². The molecule has 1 N–H and O–H groups in total. The zero-order valence-electron chi connectivity index (χ0n) is 20.4. The molecule has 0 spiro atoms. The zero-order chi connectivity index (χ0) is 24.2. The molecule has 1 saturated heterocycles. The number of sulfonamides is 1. The Morgan fingerprint density at radius 2 is 1.59 bits per heavy atom. The summed E-state index contributed by atoms with van der Waals surface area (Å²) in [6.45, 7) is 7.79. The van der Waals surface area contributed by atoms with Crippen LogP contribution in [-0.2, 0) is 15.4 Å². The predicted molar refractivity (Wildman–Crippen MR) is 142 cm³/mol. The van der Waals surface area contributed by atoms with Crippen LogP contribution < -0.4 is 4.72 Å². The average molecular weight is 477 g/mol. The van der Waals surface area contributed by atoms with Crippen LogP contribution in [0.4, 0.5) is 5.69 Å². The standard InChI is InChI=1S/C29H36N2O2S/c1-23-22-31(19-17-28(24-11-6-4-7-12-24)25-13-8-5-9-14-25)20-18-29(23,2)26-15-10-16-27(21-26)30-34(3,32)33/h4-16,21,23,28,30H,17-20,22H2,1-3H3. The molecular weight excluding hydrogens is 440 g/mol. The minimum atomic E-state index is -3.29. The largest absolute Gasteiger partial charge is 0.303 e. The Kier molecular flexibility index (Phi) is 7.44. The normalized spacial score (nSPS) is 21.5. The van der Waals surface area contributed by atoms with Crippen LogP contribution >= 0.6 is 0 Å². The van der Waals surface area contributed by atoms with Gasteiger partial charge >= 0.3 is 0 Å². The maximum Gasteiger partial charge on any atom is 0.229 e. The average Bonchev–Trinajstić information content (AvgIpc) is 2.82. The molecule has 180 valence electrons. The van der Waals surface area contributed by atoms with E-state index in [1.807, 2.05) is 18.2 Å². The Morgan fingerprint density at radius 3 is 2.15 bits per heavy atom. The fraction of sp³-hybridized carbons (Fsp3) is 0.379. The van der Waals surface area contributed by atoms with Crippen molar-refractivity contribution in [2.24, 2.45) is 5.92 Å². The quantitative estimate of drug-likeness (QED) is 0.442. The summed E-state index contributed by atoms with van der Waals surface area (Å²) in [6, 6.07) is 29.6. The van der Waals surface area contributed by atoms with E-state index in [2.05, 4.69) is 90.2 Å². The Hall–Kier alpha value is -2.63. The van der Waals surface area contributed by atoms with E-state index in [1.165, 1.54) is 22.9 Å². The van der Waals surface area contributed by atoms with Gasteiger partial charge in [-0.05, 0) is 66.1 Å². The summed E-state index contributed by atoms with van der Waals surface area (Å²) in [5.74, 6) is 0.853. The van der Waals surface area contributed by atoms with Crippen molar-refractivity contribution in [3.8, 4) is 0 Å². The van der Waals surface area contributed by atoms with Gasteiger partial charge in [-0.1, -0.05) is 86.6 Å². The third-order valence-corrected chi connectivity index (χ3v) is 8.14. The number of likely N-dealkylation sites (tertiary alicyclic amines) is 1. The predicted octanol–water partition coefficient (Wildman–Crippen LogP) is 5.88. The first-order valence-electron chi connectivity index (χ1n) is 12.2. The molecule has 0 aromatic heterocycles. The van der Waals surface area contributed by atoms with Crippen LogP contribution in [0.5, 0.6) is 0 Å². The highest BCUT2D eigenvalue weighted by Crippen LogP contribution is 2.40. The van der Waals surface area contributed by atoms with Crippen LogP contribution in [0, 0.1) is 5.92 Å². The smallest absolute Gasteiger partial charge is 0.229 e. The van der Waals surface area contributed by atoms with Crippen molar-refractivity contribution >= 4 is 15.7 Å². The summed E-state index contributed by atoms with van der Waals surface area (Å²) >= 11 is 0. The van der Waals surface area contributed by atoms with E-state index < -0.39 is 10.0 Å². The molecule has 5 heteroatoms. The van der Waals surface area contributed by atoms with Crippen LogP contribution in [0.2, 0.25) is 0 Å². The highest BCUT2D eigenvalue weighted by Gasteiger charge is 2.38. The van der Waals surface area contributed by atoms with Crippen molar-refractivity contribution in [3.63, 3.8) is 0 Å². The van der Waals surface area contributed by atoms with Crippen LogP contribution in [0.1, 0.15) is 49.3 Å². The van der Waals surface area contributed by atoms with Crippen molar-refractivity contribution in [2.45, 2.75) is 38.0 Å². The molecule has 1 heterocycles. The lowest BCUT2D eigenvalue weighted by atomic mass is 9.68. The number of benzene rings is 3. The van der Waals surface area contributed by atoms with Gasteiger partial charge in [0.2, 0.25) is 10.0 Å². The molecule has 0 aliphatic carbocycles. The van der Waals surface area contributed by atoms with Crippen LogP contribution in [0.3, 0.4) is 0 Å². The Morgan fingerprint density at radius 1 is 0.971 bits per heavy atom. The van der Waals surface area contributed by atoms with Crippen LogP contribution in [0.25, 0.3) is 0 Å². The molecule has 1 aliphatic heterocycles. The van der Waals surface area contributed by atoms with Gasteiger partial charge in [0, 0.05) is 18.2 Å². The summed E-state index contributed by atoms with van der Waals surface area (Å²) in [4.78, 5) is 2.60. The summed E-state index contributed by atoms with van der Waals surface area (Å²) in [5.41, 5.74) is 4.62. The van der Waals surface area contributed by atoms with Gasteiger partial charge in [0.15, 0.2) is 0 Å². The Bertz CT molecular complexity index is 1140. The number of nitrogens with one attached hydrogen (secondary N) is 1. The van der Waals surface area contributed by atoms with Gasteiger partial charge in [-0.25, -0.2) is 8.42 Å². The van der Waals surface area contributed by atoms with Crippen molar-refractivity contribution in [3.05, 3.63) is 102 Å². The van der Waals surface area contributed by atoms with Crippen molar-refractivity contribution in [2.75, 3.05) is 30.6 Å². The fourth-order valence-electron chi connectivity index (χ4n) is 5.31. The van der Waals surface area contributed by atoms with Gasteiger partial charge in [0.05, 0.1) is 6.26 Å². The zero-order valence-corrected chi connectivity index (χ0v) is 21.3. The second-order valence-corrected chi connectivity index (χ2v) is 11.7. The third-order valence-electron chi connectivity index (χ3n) is 7.53. The minimum Gasteiger partial charge on any atom is -0.303 e. The Labute approximate surface area is 205 Å². The maximum atomic E-state index is 11.7. The maximum absolute atomic E-state index is 11.7. The lowest BCUT2D eigenvalue weighted by Gasteiger charge is -2.45. The summed E-state index contributed by atoms with van der Waals surface area (Å²) in [5, 5.41) is 0. The number of hydrogen-bond donors (Lipinski definition) is 1. The molecule has 4 rings (SSSR count). The SMILES string of the molecule is CC1CN(CCC(c2ccccc2)c2ccccc2)CCC1(C)c1cccc(NS(C)(=O)=O)c1. The van der Waals surface area contributed by atoms with Crippen molar-refractivity contribution < 1.29 is 8.42 Å². The van der Waals surface area contributed by atoms with E-state index >= 15 is 0 Å². The van der Waals surface area contributed by atoms with Gasteiger partial charge < -0.3 is 4.90 Å². The number of nitrogens with zero attached hydrogens (tertiary/aromatic N) is 1. The molecule has 3 aromatic carbocycles. The van der Waals surface area contributed by atoms with Crippen molar-refractivity contribution in [1.29, 1.82) is 0 Å². The molecule has 0 saturated carbocycles. The molecule has 3 aromatic rings. The van der Waals surface area contributed by atoms with Gasteiger partial charge in [-0.15, -0.1) is 0 Å². The second kappa shape index (κ2) is 10.3. The topological polar surface area (TPSA) is 49.4 Å². The Balaban J connectivity index is 1.44. The number of piperidine rings is 1. The molecule has 0 amide bonds. The molecule has 4 nitrogen and oxygen atoms in total. The monoisotopic (exact) mass is 476 g/mol. The first-order valence-corrected chi connectivity index (χ1v) is 14.0. The lowest BCUT2D eigenvalue weighted by molar-refractivity contribution is 0.109. The van der Waals surface area contributed by atoms with E-state index in [4.69, 9.17) is 0 Å². The minimum absolute atomic E-state index is 0.0178. The molecule has 34 heavy (non-hydrogen) atoms. The fourth-order valence-corrected chi connectivity index (χ4v) is 5.86. The molecule has 0 bridgehead atoms. The van der Waals surface area contributed by atoms with Gasteiger partial charge in [0.1, 0.15) is 0 Å². The highest BCUT2D eigenvalue weighted by molar-refractivity contribution is 7.92. The molecule has 0 radical (unpaired) electrons. The first-order chi connectivity index (χ1) is 16.2. The van der Waals surface area contributed by atoms with Gasteiger partial charge in [-0.3, -0.25) is 4.72 Å². The number of rotatable bonds is 8. The second-order valence-electron chi connectivity index (χ2n) is 9.99. The van der Waals surface area contributed by atoms with E-state index in [1.54, 1.807) is 0 Å². The first kappa shape index (κ1) is 24.5. The van der Waals surface area contributed by atoms with Crippen molar-refractivity contribution in [1.82, 2.24) is 4.90 Å². The molecule has 2 unspecified atom stereocenters. The van der Waals surface area contributed by atoms with Gasteiger partial charge in [0.25, 0.3) is 0 Å². The lowest BCUT2D eigenvalue weighted by Crippen LogP contribution is -2.47. The number of hydrogen-bond acceptors (Lipinski definition) is 3. The summed E-state index contributed by atoms with van der Waals surface area (Å²) < 4.78 is 26.0. The molecule has 1 fully saturated rings. The molecule has 1 aliphatic rings. The van der Waals surface area contributed by atoms with E-state index in [9.17, 15) is 8.42 Å².